The van der Waals surface area contributed by atoms with Gasteiger partial charge in [0.25, 0.3) is 0 Å². The van der Waals surface area contributed by atoms with Crippen molar-refractivity contribution in [3.63, 3.8) is 0 Å². The molecule has 1 saturated heterocycles. The van der Waals surface area contributed by atoms with E-state index in [2.05, 4.69) is 0 Å². The molecule has 2 aromatic rings. The molecular formula is C22H25FN2O2. The number of benzene rings is 2. The van der Waals surface area contributed by atoms with Crippen LogP contribution in [0.25, 0.3) is 11.1 Å². The third kappa shape index (κ3) is 3.72. The quantitative estimate of drug-likeness (QED) is 0.830. The van der Waals surface area contributed by atoms with E-state index >= 15 is 0 Å². The Morgan fingerprint density at radius 3 is 2.30 bits per heavy atom. The molecule has 0 bridgehead atoms. The molecule has 1 fully saturated rings. The second-order valence-electron chi connectivity index (χ2n) is 7.48. The average Bonchev–Trinajstić information content (AvgIpc) is 3.08. The highest BCUT2D eigenvalue weighted by Gasteiger charge is 2.46. The fourth-order valence-electron chi connectivity index (χ4n) is 3.99. The molecule has 1 aliphatic rings. The zero-order chi connectivity index (χ0) is 19.6. The molecule has 4 nitrogen and oxygen atoms in total. The summed E-state index contributed by atoms with van der Waals surface area (Å²) < 4.78 is 14.4. The highest BCUT2D eigenvalue weighted by Crippen LogP contribution is 2.39. The van der Waals surface area contributed by atoms with E-state index in [4.69, 9.17) is 0 Å². The van der Waals surface area contributed by atoms with Crippen LogP contribution in [0.15, 0.2) is 48.5 Å². The van der Waals surface area contributed by atoms with Gasteiger partial charge in [-0.3, -0.25) is 9.59 Å². The monoisotopic (exact) mass is 368 g/mol. The standard InChI is InChI=1S/C22H25FN2O2/c1-16(26)25-13-12-22(15-25,21(27)24(2)3)14-17-8-4-5-9-18(17)19-10-6-7-11-20(19)23/h4-11H,12-15H2,1-3H3/t22-/m1/s1. The molecule has 1 atom stereocenters. The number of amides is 2. The maximum absolute atomic E-state index is 14.4. The summed E-state index contributed by atoms with van der Waals surface area (Å²) in [5, 5.41) is 0. The zero-order valence-electron chi connectivity index (χ0n) is 16.0. The summed E-state index contributed by atoms with van der Waals surface area (Å²) in [7, 11) is 3.48. The summed E-state index contributed by atoms with van der Waals surface area (Å²) in [5.74, 6) is -0.296. The Morgan fingerprint density at radius 1 is 1.07 bits per heavy atom. The molecule has 0 N–H and O–H groups in total. The minimum atomic E-state index is -0.684. The van der Waals surface area contributed by atoms with Crippen molar-refractivity contribution in [1.29, 1.82) is 0 Å². The topological polar surface area (TPSA) is 40.6 Å². The highest BCUT2D eigenvalue weighted by molar-refractivity contribution is 5.85. The van der Waals surface area contributed by atoms with Crippen LogP contribution in [0.2, 0.25) is 0 Å². The lowest BCUT2D eigenvalue weighted by atomic mass is 9.77. The molecule has 3 rings (SSSR count). The molecule has 0 unspecified atom stereocenters. The Hall–Kier alpha value is -2.69. The van der Waals surface area contributed by atoms with Gasteiger partial charge in [0, 0.05) is 39.7 Å². The lowest BCUT2D eigenvalue weighted by molar-refractivity contribution is -0.139. The van der Waals surface area contributed by atoms with Gasteiger partial charge in [-0.2, -0.15) is 0 Å². The second kappa shape index (κ2) is 7.51. The Labute approximate surface area is 159 Å². The highest BCUT2D eigenvalue weighted by atomic mass is 19.1. The number of halogens is 1. The lowest BCUT2D eigenvalue weighted by Gasteiger charge is -2.31. The number of carbonyl (C=O) groups is 2. The summed E-state index contributed by atoms with van der Waals surface area (Å²) in [6.07, 6.45) is 1.08. The zero-order valence-corrected chi connectivity index (χ0v) is 16.0. The SMILES string of the molecule is CC(=O)N1CC[C@](Cc2ccccc2-c2ccccc2F)(C(=O)N(C)C)C1. The van der Waals surface area contributed by atoms with Crippen LogP contribution >= 0.6 is 0 Å². The molecule has 0 spiro atoms. The molecule has 0 saturated carbocycles. The van der Waals surface area contributed by atoms with E-state index in [1.165, 1.54) is 13.0 Å². The maximum atomic E-state index is 14.4. The first-order chi connectivity index (χ1) is 12.8. The van der Waals surface area contributed by atoms with Gasteiger partial charge in [0.15, 0.2) is 0 Å². The first-order valence-corrected chi connectivity index (χ1v) is 9.14. The van der Waals surface area contributed by atoms with Crippen molar-refractivity contribution in [2.24, 2.45) is 5.41 Å². The smallest absolute Gasteiger partial charge is 0.230 e. The third-order valence-corrected chi connectivity index (χ3v) is 5.37. The number of likely N-dealkylation sites (tertiary alicyclic amines) is 1. The Kier molecular flexibility index (Phi) is 5.31. The molecule has 1 heterocycles. The van der Waals surface area contributed by atoms with Crippen LogP contribution in [0.5, 0.6) is 0 Å². The Morgan fingerprint density at radius 2 is 1.70 bits per heavy atom. The maximum Gasteiger partial charge on any atom is 0.230 e. The summed E-state index contributed by atoms with van der Waals surface area (Å²) in [6, 6.07) is 14.3. The van der Waals surface area contributed by atoms with Crippen LogP contribution in [0.1, 0.15) is 18.9 Å². The van der Waals surface area contributed by atoms with E-state index in [9.17, 15) is 14.0 Å². The van der Waals surface area contributed by atoms with Gasteiger partial charge in [-0.1, -0.05) is 42.5 Å². The van der Waals surface area contributed by atoms with E-state index in [0.29, 0.717) is 31.5 Å². The van der Waals surface area contributed by atoms with Crippen molar-refractivity contribution in [3.05, 3.63) is 59.9 Å². The normalized spacial score (nSPS) is 19.2. The third-order valence-electron chi connectivity index (χ3n) is 5.37. The van der Waals surface area contributed by atoms with Crippen molar-refractivity contribution in [2.75, 3.05) is 27.2 Å². The van der Waals surface area contributed by atoms with E-state index in [0.717, 1.165) is 11.1 Å². The minimum Gasteiger partial charge on any atom is -0.348 e. The molecular weight excluding hydrogens is 343 g/mol. The van der Waals surface area contributed by atoms with Crippen LogP contribution in [0.3, 0.4) is 0 Å². The average molecular weight is 368 g/mol. The van der Waals surface area contributed by atoms with Gasteiger partial charge in [-0.15, -0.1) is 0 Å². The summed E-state index contributed by atoms with van der Waals surface area (Å²) >= 11 is 0. The van der Waals surface area contributed by atoms with Crippen LogP contribution in [-0.2, 0) is 16.0 Å². The van der Waals surface area contributed by atoms with Crippen molar-refractivity contribution in [3.8, 4) is 11.1 Å². The Bertz CT molecular complexity index is 865. The molecule has 27 heavy (non-hydrogen) atoms. The molecule has 0 radical (unpaired) electrons. The van der Waals surface area contributed by atoms with Gasteiger partial charge in [-0.25, -0.2) is 4.39 Å². The van der Waals surface area contributed by atoms with Crippen molar-refractivity contribution in [2.45, 2.75) is 19.8 Å². The predicted molar refractivity (Wildman–Crippen MR) is 104 cm³/mol. The fraction of sp³-hybridized carbons (Fsp3) is 0.364. The van der Waals surface area contributed by atoms with Gasteiger partial charge < -0.3 is 9.80 Å². The van der Waals surface area contributed by atoms with Crippen molar-refractivity contribution < 1.29 is 14.0 Å². The molecule has 2 amide bonds. The number of hydrogen-bond acceptors (Lipinski definition) is 2. The van der Waals surface area contributed by atoms with E-state index < -0.39 is 5.41 Å². The van der Waals surface area contributed by atoms with E-state index in [1.54, 1.807) is 36.0 Å². The van der Waals surface area contributed by atoms with Crippen LogP contribution in [0, 0.1) is 11.2 Å². The number of hydrogen-bond donors (Lipinski definition) is 0. The van der Waals surface area contributed by atoms with Gasteiger partial charge in [-0.05, 0) is 30.0 Å². The molecule has 0 aromatic heterocycles. The number of nitrogens with zero attached hydrogens (tertiary/aromatic N) is 2. The lowest BCUT2D eigenvalue weighted by Crippen LogP contribution is -2.44. The second-order valence-corrected chi connectivity index (χ2v) is 7.48. The van der Waals surface area contributed by atoms with Gasteiger partial charge >= 0.3 is 0 Å². The van der Waals surface area contributed by atoms with E-state index in [1.807, 2.05) is 30.3 Å². The minimum absolute atomic E-state index is 0.00888. The first kappa shape index (κ1) is 19.1. The first-order valence-electron chi connectivity index (χ1n) is 9.14. The fourth-order valence-corrected chi connectivity index (χ4v) is 3.99. The van der Waals surface area contributed by atoms with Crippen LogP contribution < -0.4 is 0 Å². The van der Waals surface area contributed by atoms with Crippen molar-refractivity contribution in [1.82, 2.24) is 9.80 Å². The summed E-state index contributed by atoms with van der Waals surface area (Å²) in [5.41, 5.74) is 1.56. The van der Waals surface area contributed by atoms with Gasteiger partial charge in [0.05, 0.1) is 5.41 Å². The predicted octanol–water partition coefficient (Wildman–Crippen LogP) is 3.36. The molecule has 0 aliphatic carbocycles. The Balaban J connectivity index is 2.02. The molecule has 1 aliphatic heterocycles. The molecule has 5 heteroatoms. The molecule has 2 aromatic carbocycles. The van der Waals surface area contributed by atoms with Gasteiger partial charge in [0.1, 0.15) is 5.82 Å². The molecule has 142 valence electrons. The van der Waals surface area contributed by atoms with Crippen LogP contribution in [-0.4, -0.2) is 48.8 Å². The summed E-state index contributed by atoms with van der Waals surface area (Å²) in [6.45, 7) is 2.49. The van der Waals surface area contributed by atoms with Crippen molar-refractivity contribution >= 4 is 11.8 Å². The van der Waals surface area contributed by atoms with Gasteiger partial charge in [0.2, 0.25) is 11.8 Å². The van der Waals surface area contributed by atoms with Crippen LogP contribution in [0.4, 0.5) is 4.39 Å². The number of carbonyl (C=O) groups excluding carboxylic acids is 2. The number of rotatable bonds is 4. The largest absolute Gasteiger partial charge is 0.348 e. The summed E-state index contributed by atoms with van der Waals surface area (Å²) in [4.78, 5) is 28.3. The van der Waals surface area contributed by atoms with E-state index in [-0.39, 0.29) is 17.6 Å².